The lowest BCUT2D eigenvalue weighted by Crippen LogP contribution is -2.29. The fraction of sp³-hybridized carbons (Fsp3) is 0.917. The Bertz CT molecular complexity index is 167. The molecule has 0 saturated carbocycles. The van der Waals surface area contributed by atoms with E-state index in [-0.39, 0.29) is 12.5 Å². The van der Waals surface area contributed by atoms with Crippen LogP contribution in [0.25, 0.3) is 0 Å². The molecule has 0 aliphatic heterocycles. The van der Waals surface area contributed by atoms with E-state index in [4.69, 9.17) is 4.74 Å². The maximum absolute atomic E-state index is 11.2. The molecule has 0 unspecified atom stereocenters. The standard InChI is InChI=1S/C12H25NO2/c1-10(2)6-5-7-13-12(14)9-15-8-11(3)4/h10-11H,5-9H2,1-4H3,(H,13,14). The Morgan fingerprint density at radius 1 is 1.20 bits per heavy atom. The van der Waals surface area contributed by atoms with Crippen molar-refractivity contribution in [3.05, 3.63) is 0 Å². The predicted molar refractivity (Wildman–Crippen MR) is 62.7 cm³/mol. The molecule has 0 aromatic rings. The zero-order chi connectivity index (χ0) is 11.7. The van der Waals surface area contributed by atoms with Crippen molar-refractivity contribution in [2.45, 2.75) is 40.5 Å². The van der Waals surface area contributed by atoms with Crippen LogP contribution in [0.3, 0.4) is 0 Å². The van der Waals surface area contributed by atoms with E-state index in [1.807, 2.05) is 0 Å². The molecule has 0 saturated heterocycles. The summed E-state index contributed by atoms with van der Waals surface area (Å²) in [4.78, 5) is 11.2. The lowest BCUT2D eigenvalue weighted by atomic mass is 10.1. The van der Waals surface area contributed by atoms with Crippen molar-refractivity contribution in [1.29, 1.82) is 0 Å². The normalized spacial score (nSPS) is 11.1. The van der Waals surface area contributed by atoms with Crippen LogP contribution in [0.4, 0.5) is 0 Å². The Hall–Kier alpha value is -0.570. The molecule has 0 aromatic carbocycles. The summed E-state index contributed by atoms with van der Waals surface area (Å²) in [6, 6.07) is 0. The Morgan fingerprint density at radius 3 is 2.40 bits per heavy atom. The van der Waals surface area contributed by atoms with Crippen molar-refractivity contribution in [1.82, 2.24) is 5.32 Å². The van der Waals surface area contributed by atoms with Crippen LogP contribution in [0.2, 0.25) is 0 Å². The monoisotopic (exact) mass is 215 g/mol. The zero-order valence-electron chi connectivity index (χ0n) is 10.5. The quantitative estimate of drug-likeness (QED) is 0.630. The topological polar surface area (TPSA) is 38.3 Å². The molecule has 0 radical (unpaired) electrons. The first kappa shape index (κ1) is 14.4. The number of amides is 1. The van der Waals surface area contributed by atoms with Crippen molar-refractivity contribution in [2.24, 2.45) is 11.8 Å². The van der Waals surface area contributed by atoms with Crippen molar-refractivity contribution >= 4 is 5.91 Å². The van der Waals surface area contributed by atoms with Crippen molar-refractivity contribution in [3.8, 4) is 0 Å². The highest BCUT2D eigenvalue weighted by Crippen LogP contribution is 2.01. The van der Waals surface area contributed by atoms with Gasteiger partial charge < -0.3 is 10.1 Å². The molecule has 0 spiro atoms. The van der Waals surface area contributed by atoms with Gasteiger partial charge in [0.2, 0.25) is 5.91 Å². The molecule has 0 heterocycles. The summed E-state index contributed by atoms with van der Waals surface area (Å²) in [6.07, 6.45) is 2.21. The predicted octanol–water partition coefficient (Wildman–Crippen LogP) is 2.21. The van der Waals surface area contributed by atoms with E-state index < -0.39 is 0 Å². The van der Waals surface area contributed by atoms with Gasteiger partial charge in [0.05, 0.1) is 0 Å². The fourth-order valence-electron chi connectivity index (χ4n) is 1.18. The van der Waals surface area contributed by atoms with E-state index in [1.165, 1.54) is 0 Å². The molecule has 0 rings (SSSR count). The molecule has 0 bridgehead atoms. The van der Waals surface area contributed by atoms with Gasteiger partial charge in [-0.3, -0.25) is 4.79 Å². The van der Waals surface area contributed by atoms with Crippen molar-refractivity contribution < 1.29 is 9.53 Å². The fourth-order valence-corrected chi connectivity index (χ4v) is 1.18. The maximum Gasteiger partial charge on any atom is 0.245 e. The lowest BCUT2D eigenvalue weighted by molar-refractivity contribution is -0.126. The van der Waals surface area contributed by atoms with Crippen LogP contribution in [-0.2, 0) is 9.53 Å². The van der Waals surface area contributed by atoms with E-state index in [1.54, 1.807) is 0 Å². The highest BCUT2D eigenvalue weighted by atomic mass is 16.5. The largest absolute Gasteiger partial charge is 0.371 e. The van der Waals surface area contributed by atoms with Gasteiger partial charge in [-0.15, -0.1) is 0 Å². The van der Waals surface area contributed by atoms with Crippen LogP contribution in [0.15, 0.2) is 0 Å². The minimum Gasteiger partial charge on any atom is -0.371 e. The minimum absolute atomic E-state index is 0.000550. The van der Waals surface area contributed by atoms with Crippen LogP contribution in [0.5, 0.6) is 0 Å². The second-order valence-electron chi connectivity index (χ2n) is 4.80. The van der Waals surface area contributed by atoms with E-state index in [0.717, 1.165) is 19.4 Å². The summed E-state index contributed by atoms with van der Waals surface area (Å²) in [5.74, 6) is 1.19. The zero-order valence-corrected chi connectivity index (χ0v) is 10.5. The van der Waals surface area contributed by atoms with Gasteiger partial charge in [-0.1, -0.05) is 27.7 Å². The molecular formula is C12H25NO2. The van der Waals surface area contributed by atoms with Crippen LogP contribution in [0.1, 0.15) is 40.5 Å². The van der Waals surface area contributed by atoms with Gasteiger partial charge in [0.1, 0.15) is 6.61 Å². The molecule has 15 heavy (non-hydrogen) atoms. The average molecular weight is 215 g/mol. The number of carbonyl (C=O) groups is 1. The molecule has 0 aromatic heterocycles. The van der Waals surface area contributed by atoms with Crippen LogP contribution in [-0.4, -0.2) is 25.7 Å². The summed E-state index contributed by atoms with van der Waals surface area (Å²) in [5, 5.41) is 2.85. The third kappa shape index (κ3) is 11.4. The summed E-state index contributed by atoms with van der Waals surface area (Å²) in [6.45, 7) is 10.1. The molecule has 90 valence electrons. The van der Waals surface area contributed by atoms with Gasteiger partial charge in [-0.25, -0.2) is 0 Å². The summed E-state index contributed by atoms with van der Waals surface area (Å²) in [7, 11) is 0. The first-order valence-electron chi connectivity index (χ1n) is 5.86. The molecule has 3 nitrogen and oxygen atoms in total. The summed E-state index contributed by atoms with van der Waals surface area (Å²) >= 11 is 0. The van der Waals surface area contributed by atoms with Crippen LogP contribution in [0, 0.1) is 11.8 Å². The Labute approximate surface area is 93.6 Å². The van der Waals surface area contributed by atoms with Gasteiger partial charge >= 0.3 is 0 Å². The maximum atomic E-state index is 11.2. The molecule has 0 atom stereocenters. The lowest BCUT2D eigenvalue weighted by Gasteiger charge is -2.08. The minimum atomic E-state index is -0.000550. The van der Waals surface area contributed by atoms with Crippen molar-refractivity contribution in [2.75, 3.05) is 19.8 Å². The average Bonchev–Trinajstić information content (AvgIpc) is 2.11. The number of ether oxygens (including phenoxy) is 1. The van der Waals surface area contributed by atoms with Crippen LogP contribution < -0.4 is 5.32 Å². The molecule has 1 amide bonds. The molecular weight excluding hydrogens is 190 g/mol. The smallest absolute Gasteiger partial charge is 0.245 e. The second kappa shape index (κ2) is 8.72. The first-order chi connectivity index (χ1) is 7.02. The van der Waals surface area contributed by atoms with E-state index in [9.17, 15) is 4.79 Å². The molecule has 0 aliphatic rings. The van der Waals surface area contributed by atoms with E-state index >= 15 is 0 Å². The highest BCUT2D eigenvalue weighted by molar-refractivity contribution is 5.77. The number of carbonyl (C=O) groups excluding carboxylic acids is 1. The number of nitrogens with one attached hydrogen (secondary N) is 1. The van der Waals surface area contributed by atoms with Crippen LogP contribution >= 0.6 is 0 Å². The Morgan fingerprint density at radius 2 is 1.87 bits per heavy atom. The van der Waals surface area contributed by atoms with Gasteiger partial charge in [0.25, 0.3) is 0 Å². The van der Waals surface area contributed by atoms with Gasteiger partial charge in [-0.2, -0.15) is 0 Å². The van der Waals surface area contributed by atoms with Gasteiger partial charge in [0, 0.05) is 13.2 Å². The molecule has 3 heteroatoms. The highest BCUT2D eigenvalue weighted by Gasteiger charge is 2.02. The summed E-state index contributed by atoms with van der Waals surface area (Å²) < 4.78 is 5.22. The second-order valence-corrected chi connectivity index (χ2v) is 4.80. The molecule has 0 fully saturated rings. The molecule has 0 aliphatic carbocycles. The summed E-state index contributed by atoms with van der Waals surface area (Å²) in [5.41, 5.74) is 0. The first-order valence-corrected chi connectivity index (χ1v) is 5.86. The number of rotatable bonds is 8. The van der Waals surface area contributed by atoms with E-state index in [0.29, 0.717) is 18.4 Å². The van der Waals surface area contributed by atoms with Crippen molar-refractivity contribution in [3.63, 3.8) is 0 Å². The third-order valence-electron chi connectivity index (χ3n) is 1.96. The van der Waals surface area contributed by atoms with Gasteiger partial charge in [-0.05, 0) is 24.7 Å². The Kier molecular flexibility index (Phi) is 8.38. The molecule has 1 N–H and O–H groups in total. The number of hydrogen-bond donors (Lipinski definition) is 1. The third-order valence-corrected chi connectivity index (χ3v) is 1.96. The number of hydrogen-bond acceptors (Lipinski definition) is 2. The van der Waals surface area contributed by atoms with E-state index in [2.05, 4.69) is 33.0 Å². The Balaban J connectivity index is 3.26. The SMILES string of the molecule is CC(C)CCCNC(=O)COCC(C)C. The van der Waals surface area contributed by atoms with Gasteiger partial charge in [0.15, 0.2) is 0 Å².